The standard InChI is InChI=1S/C10H21ClOSi/c1-13(2,12-9-8-11)10-6-4-3-5-7-10/h10H,3-9H2,1-2H3. The third-order valence-corrected chi connectivity index (χ3v) is 6.79. The number of alkyl halides is 1. The normalized spacial score (nSPS) is 20.5. The summed E-state index contributed by atoms with van der Waals surface area (Å²) in [6.45, 7) is 5.43. The molecule has 1 aliphatic rings. The second-order valence-corrected chi connectivity index (χ2v) is 9.17. The van der Waals surface area contributed by atoms with E-state index in [1.165, 1.54) is 32.1 Å². The molecule has 0 aromatic rings. The van der Waals surface area contributed by atoms with Crippen LogP contribution in [0.1, 0.15) is 32.1 Å². The second-order valence-electron chi connectivity index (χ2n) is 4.48. The SMILES string of the molecule is C[Si](C)(OCCCl)C1CCCCC1. The Kier molecular flexibility index (Phi) is 4.77. The van der Waals surface area contributed by atoms with Gasteiger partial charge in [-0.1, -0.05) is 32.1 Å². The maximum Gasteiger partial charge on any atom is 0.189 e. The van der Waals surface area contributed by atoms with Gasteiger partial charge in [0, 0.05) is 12.5 Å². The molecule has 0 heterocycles. The van der Waals surface area contributed by atoms with Gasteiger partial charge in [0.25, 0.3) is 0 Å². The minimum atomic E-state index is -1.41. The Hall–Kier alpha value is 0.467. The summed E-state index contributed by atoms with van der Waals surface area (Å²) >= 11 is 5.64. The van der Waals surface area contributed by atoms with Crippen LogP contribution < -0.4 is 0 Å². The van der Waals surface area contributed by atoms with Gasteiger partial charge in [-0.2, -0.15) is 0 Å². The van der Waals surface area contributed by atoms with E-state index in [9.17, 15) is 0 Å². The molecule has 0 N–H and O–H groups in total. The van der Waals surface area contributed by atoms with Crippen molar-refractivity contribution in [2.24, 2.45) is 0 Å². The molecule has 0 unspecified atom stereocenters. The minimum absolute atomic E-state index is 0.642. The molecule has 1 fully saturated rings. The number of hydrogen-bond donors (Lipinski definition) is 0. The summed E-state index contributed by atoms with van der Waals surface area (Å²) in [5.41, 5.74) is 0.879. The maximum atomic E-state index is 5.93. The van der Waals surface area contributed by atoms with Gasteiger partial charge in [0.05, 0.1) is 0 Å². The molecule has 1 saturated carbocycles. The molecule has 13 heavy (non-hydrogen) atoms. The quantitative estimate of drug-likeness (QED) is 0.518. The van der Waals surface area contributed by atoms with Crippen LogP contribution >= 0.6 is 11.6 Å². The Morgan fingerprint density at radius 3 is 2.38 bits per heavy atom. The molecule has 1 aliphatic carbocycles. The number of halogens is 1. The predicted octanol–water partition coefficient (Wildman–Crippen LogP) is 3.78. The summed E-state index contributed by atoms with van der Waals surface area (Å²) in [7, 11) is -1.41. The van der Waals surface area contributed by atoms with E-state index in [-0.39, 0.29) is 0 Å². The molecule has 0 aromatic carbocycles. The third-order valence-electron chi connectivity index (χ3n) is 3.14. The van der Waals surface area contributed by atoms with Crippen molar-refractivity contribution in [3.63, 3.8) is 0 Å². The smallest absolute Gasteiger partial charge is 0.189 e. The highest BCUT2D eigenvalue weighted by atomic mass is 35.5. The van der Waals surface area contributed by atoms with Crippen molar-refractivity contribution in [2.75, 3.05) is 12.5 Å². The molecule has 3 heteroatoms. The van der Waals surface area contributed by atoms with Crippen LogP contribution in [0.15, 0.2) is 0 Å². The minimum Gasteiger partial charge on any atom is -0.416 e. The van der Waals surface area contributed by atoms with Gasteiger partial charge in [0.15, 0.2) is 8.32 Å². The molecule has 1 rings (SSSR count). The van der Waals surface area contributed by atoms with E-state index in [0.717, 1.165) is 12.1 Å². The van der Waals surface area contributed by atoms with Gasteiger partial charge in [0.2, 0.25) is 0 Å². The van der Waals surface area contributed by atoms with Crippen molar-refractivity contribution < 1.29 is 4.43 Å². The summed E-state index contributed by atoms with van der Waals surface area (Å²) in [5, 5.41) is 0. The van der Waals surface area contributed by atoms with E-state index in [0.29, 0.717) is 5.88 Å². The predicted molar refractivity (Wildman–Crippen MR) is 61.0 cm³/mol. The van der Waals surface area contributed by atoms with Crippen LogP contribution in [0.4, 0.5) is 0 Å². The van der Waals surface area contributed by atoms with E-state index in [1.807, 2.05) is 0 Å². The lowest BCUT2D eigenvalue weighted by Gasteiger charge is -2.34. The molecule has 0 amide bonds. The lowest BCUT2D eigenvalue weighted by atomic mass is 10.0. The van der Waals surface area contributed by atoms with Crippen molar-refractivity contribution >= 4 is 19.9 Å². The Labute approximate surface area is 87.9 Å². The zero-order valence-corrected chi connectivity index (χ0v) is 10.6. The van der Waals surface area contributed by atoms with Crippen molar-refractivity contribution in [3.05, 3.63) is 0 Å². The molecule has 1 nitrogen and oxygen atoms in total. The fraction of sp³-hybridized carbons (Fsp3) is 1.00. The summed E-state index contributed by atoms with van der Waals surface area (Å²) in [4.78, 5) is 0. The Bertz CT molecular complexity index is 144. The highest BCUT2D eigenvalue weighted by Crippen LogP contribution is 2.37. The van der Waals surface area contributed by atoms with Gasteiger partial charge in [-0.05, 0) is 18.6 Å². The van der Waals surface area contributed by atoms with Crippen LogP contribution in [0, 0.1) is 0 Å². The Morgan fingerprint density at radius 2 is 1.85 bits per heavy atom. The summed E-state index contributed by atoms with van der Waals surface area (Å²) in [6.07, 6.45) is 7.02. The van der Waals surface area contributed by atoms with E-state index in [2.05, 4.69) is 13.1 Å². The van der Waals surface area contributed by atoms with E-state index in [1.54, 1.807) is 0 Å². The van der Waals surface area contributed by atoms with E-state index < -0.39 is 8.32 Å². The fourth-order valence-electron chi connectivity index (χ4n) is 2.22. The van der Waals surface area contributed by atoms with Crippen molar-refractivity contribution in [2.45, 2.75) is 50.7 Å². The van der Waals surface area contributed by atoms with Crippen LogP contribution in [-0.2, 0) is 4.43 Å². The monoisotopic (exact) mass is 220 g/mol. The Balaban J connectivity index is 2.36. The van der Waals surface area contributed by atoms with Crippen molar-refractivity contribution in [1.82, 2.24) is 0 Å². The molecule has 0 aliphatic heterocycles. The first-order valence-electron chi connectivity index (χ1n) is 5.37. The molecule has 78 valence electrons. The molecule has 0 saturated heterocycles. The molecule has 0 atom stereocenters. The average molecular weight is 221 g/mol. The third kappa shape index (κ3) is 3.60. The first-order valence-corrected chi connectivity index (χ1v) is 8.89. The zero-order valence-electron chi connectivity index (χ0n) is 8.81. The van der Waals surface area contributed by atoms with Crippen LogP contribution in [-0.4, -0.2) is 20.8 Å². The van der Waals surface area contributed by atoms with Crippen LogP contribution in [0.2, 0.25) is 18.6 Å². The number of hydrogen-bond acceptors (Lipinski definition) is 1. The summed E-state index contributed by atoms with van der Waals surface area (Å²) in [5.74, 6) is 0.642. The fourth-order valence-corrected chi connectivity index (χ4v) is 5.09. The lowest BCUT2D eigenvalue weighted by molar-refractivity contribution is 0.308. The van der Waals surface area contributed by atoms with Gasteiger partial charge in [-0.3, -0.25) is 0 Å². The Morgan fingerprint density at radius 1 is 1.23 bits per heavy atom. The largest absolute Gasteiger partial charge is 0.416 e. The van der Waals surface area contributed by atoms with Gasteiger partial charge in [-0.25, -0.2) is 0 Å². The first kappa shape index (κ1) is 11.5. The average Bonchev–Trinajstić information content (AvgIpc) is 2.16. The topological polar surface area (TPSA) is 9.23 Å². The first-order chi connectivity index (χ1) is 6.17. The lowest BCUT2D eigenvalue weighted by Crippen LogP contribution is -2.38. The second kappa shape index (κ2) is 5.37. The van der Waals surface area contributed by atoms with Crippen LogP contribution in [0.5, 0.6) is 0 Å². The van der Waals surface area contributed by atoms with Gasteiger partial charge in [0.1, 0.15) is 0 Å². The van der Waals surface area contributed by atoms with Crippen molar-refractivity contribution in [3.8, 4) is 0 Å². The van der Waals surface area contributed by atoms with Gasteiger partial charge in [-0.15, -0.1) is 11.6 Å². The summed E-state index contributed by atoms with van der Waals surface area (Å²) < 4.78 is 5.93. The molecule has 0 radical (unpaired) electrons. The zero-order chi connectivity index (χ0) is 9.73. The molecule has 0 spiro atoms. The molecular formula is C10H21ClOSi. The molecule has 0 aromatic heterocycles. The van der Waals surface area contributed by atoms with Crippen LogP contribution in [0.3, 0.4) is 0 Å². The number of rotatable bonds is 4. The van der Waals surface area contributed by atoms with Crippen LogP contribution in [0.25, 0.3) is 0 Å². The van der Waals surface area contributed by atoms with E-state index in [4.69, 9.17) is 16.0 Å². The van der Waals surface area contributed by atoms with Crippen molar-refractivity contribution in [1.29, 1.82) is 0 Å². The van der Waals surface area contributed by atoms with Gasteiger partial charge >= 0.3 is 0 Å². The molecule has 0 bridgehead atoms. The maximum absolute atomic E-state index is 5.93. The highest BCUT2D eigenvalue weighted by molar-refractivity contribution is 6.72. The van der Waals surface area contributed by atoms with Gasteiger partial charge < -0.3 is 4.43 Å². The summed E-state index contributed by atoms with van der Waals surface area (Å²) in [6, 6.07) is 0. The highest BCUT2D eigenvalue weighted by Gasteiger charge is 2.33. The van der Waals surface area contributed by atoms with E-state index >= 15 is 0 Å². The molecular weight excluding hydrogens is 200 g/mol.